The van der Waals surface area contributed by atoms with Crippen molar-refractivity contribution in [2.45, 2.75) is 32.5 Å². The first kappa shape index (κ1) is 22.4. The zero-order valence-corrected chi connectivity index (χ0v) is 18.6. The first-order valence-corrected chi connectivity index (χ1v) is 10.7. The lowest BCUT2D eigenvalue weighted by molar-refractivity contribution is 0.0637. The van der Waals surface area contributed by atoms with Gasteiger partial charge in [-0.05, 0) is 26.0 Å². The zero-order valence-electron chi connectivity index (χ0n) is 17.8. The van der Waals surface area contributed by atoms with Gasteiger partial charge < -0.3 is 30.8 Å². The lowest BCUT2D eigenvalue weighted by Gasteiger charge is -2.28. The molecule has 1 aromatic carbocycles. The van der Waals surface area contributed by atoms with Gasteiger partial charge in [0.25, 0.3) is 5.91 Å². The van der Waals surface area contributed by atoms with E-state index in [-0.39, 0.29) is 42.1 Å². The highest BCUT2D eigenvalue weighted by molar-refractivity contribution is 6.43. The van der Waals surface area contributed by atoms with Gasteiger partial charge in [-0.15, -0.1) is 0 Å². The van der Waals surface area contributed by atoms with E-state index < -0.39 is 11.9 Å². The predicted molar refractivity (Wildman–Crippen MR) is 120 cm³/mol. The fourth-order valence-corrected chi connectivity index (χ4v) is 4.06. The number of carbonyl (C=O) groups excluding carboxylic acids is 1. The van der Waals surface area contributed by atoms with Crippen LogP contribution in [0.25, 0.3) is 0 Å². The van der Waals surface area contributed by atoms with Gasteiger partial charge in [-0.25, -0.2) is 9.38 Å². The van der Waals surface area contributed by atoms with Gasteiger partial charge in [0.1, 0.15) is 23.5 Å². The first-order valence-electron chi connectivity index (χ1n) is 10.4. The molecule has 3 heterocycles. The third kappa shape index (κ3) is 4.55. The van der Waals surface area contributed by atoms with Crippen molar-refractivity contribution < 1.29 is 19.0 Å². The van der Waals surface area contributed by atoms with Gasteiger partial charge in [-0.2, -0.15) is 0 Å². The van der Waals surface area contributed by atoms with E-state index in [4.69, 9.17) is 21.7 Å². The molecule has 2 saturated heterocycles. The zero-order chi connectivity index (χ0) is 23.0. The number of halogens is 2. The van der Waals surface area contributed by atoms with E-state index in [1.807, 2.05) is 6.92 Å². The summed E-state index contributed by atoms with van der Waals surface area (Å²) in [6.07, 6.45) is -0.558. The number of carbonyl (C=O) groups is 1. The average molecular weight is 462 g/mol. The first-order chi connectivity index (χ1) is 15.2. The molecule has 4 N–H and O–H groups in total. The molecule has 32 heavy (non-hydrogen) atoms. The summed E-state index contributed by atoms with van der Waals surface area (Å²) in [4.78, 5) is 19.2. The Kier molecular flexibility index (Phi) is 6.32. The highest BCUT2D eigenvalue weighted by Crippen LogP contribution is 2.28. The van der Waals surface area contributed by atoms with E-state index in [1.165, 1.54) is 23.1 Å². The Balaban J connectivity index is 1.57. The van der Waals surface area contributed by atoms with Gasteiger partial charge in [-0.1, -0.05) is 11.6 Å². The van der Waals surface area contributed by atoms with E-state index in [1.54, 1.807) is 6.92 Å². The van der Waals surface area contributed by atoms with Crippen molar-refractivity contribution in [3.8, 4) is 5.75 Å². The molecule has 0 aromatic heterocycles. The molecule has 10 heteroatoms. The lowest BCUT2D eigenvalue weighted by atomic mass is 10.1. The predicted octanol–water partition coefficient (Wildman–Crippen LogP) is 2.15. The summed E-state index contributed by atoms with van der Waals surface area (Å²) in [5.41, 5.74) is 2.45. The summed E-state index contributed by atoms with van der Waals surface area (Å²) in [6.45, 7) is 4.85. The minimum atomic E-state index is -0.562. The molecule has 4 rings (SSSR count). The van der Waals surface area contributed by atoms with Crippen LogP contribution in [0.15, 0.2) is 45.3 Å². The number of likely N-dealkylation sites (tertiary alicyclic amines) is 1. The third-order valence-electron chi connectivity index (χ3n) is 5.62. The molecule has 0 bridgehead atoms. The lowest BCUT2D eigenvalue weighted by Crippen LogP contribution is -2.45. The van der Waals surface area contributed by atoms with Crippen LogP contribution in [0.3, 0.4) is 0 Å². The largest absolute Gasteiger partial charge is 0.488 e. The quantitative estimate of drug-likeness (QED) is 0.551. The fraction of sp³-hybridized carbons (Fsp3) is 0.409. The maximum atomic E-state index is 13.9. The molecule has 2 atom stereocenters. The highest BCUT2D eigenvalue weighted by atomic mass is 35.5. The number of ether oxygens (including phenoxy) is 1. The van der Waals surface area contributed by atoms with Crippen LogP contribution in [0, 0.1) is 11.2 Å². The molecule has 0 radical (unpaired) electrons. The summed E-state index contributed by atoms with van der Waals surface area (Å²) >= 11 is 6.19. The second kappa shape index (κ2) is 9.01. The molecule has 3 aliphatic rings. The summed E-state index contributed by atoms with van der Waals surface area (Å²) in [7, 11) is 0. The number of rotatable bonds is 3. The number of amides is 1. The van der Waals surface area contributed by atoms with Gasteiger partial charge in [-0.3, -0.25) is 4.79 Å². The van der Waals surface area contributed by atoms with E-state index in [0.717, 1.165) is 5.70 Å². The van der Waals surface area contributed by atoms with E-state index in [9.17, 15) is 14.3 Å². The Morgan fingerprint density at radius 2 is 2.12 bits per heavy atom. The van der Waals surface area contributed by atoms with Crippen molar-refractivity contribution in [2.75, 3.05) is 26.2 Å². The number of nitrogens with zero attached hydrogens (tertiary/aromatic N) is 2. The van der Waals surface area contributed by atoms with Crippen LogP contribution in [0.5, 0.6) is 5.75 Å². The van der Waals surface area contributed by atoms with Crippen LogP contribution in [-0.4, -0.2) is 65.7 Å². The molecule has 2 fully saturated rings. The molecule has 8 nitrogen and oxygen atoms in total. The van der Waals surface area contributed by atoms with Crippen LogP contribution in [0.2, 0.25) is 0 Å². The fourth-order valence-electron chi connectivity index (χ4n) is 3.97. The summed E-state index contributed by atoms with van der Waals surface area (Å²) in [6, 6.07) is 3.78. The van der Waals surface area contributed by atoms with Crippen molar-refractivity contribution in [1.29, 1.82) is 5.41 Å². The Morgan fingerprint density at radius 1 is 1.34 bits per heavy atom. The van der Waals surface area contributed by atoms with Crippen LogP contribution in [-0.2, 0) is 0 Å². The number of allylic oxidation sites excluding steroid dienone is 2. The van der Waals surface area contributed by atoms with Crippen LogP contribution in [0.1, 0.15) is 30.6 Å². The number of benzene rings is 1. The second-order valence-corrected chi connectivity index (χ2v) is 8.53. The number of aliphatic hydroxyl groups excluding tert-OH is 1. The molecular weight excluding hydrogens is 437 g/mol. The molecular formula is C22H25ClFN5O3. The number of aliphatic imine (C=N–C) groups is 1. The monoisotopic (exact) mass is 461 g/mol. The minimum Gasteiger partial charge on any atom is -0.488 e. The number of hydrogen-bond acceptors (Lipinski definition) is 7. The van der Waals surface area contributed by atoms with Gasteiger partial charge in [0.05, 0.1) is 41.2 Å². The molecule has 3 aliphatic heterocycles. The third-order valence-corrected chi connectivity index (χ3v) is 6.18. The molecule has 0 spiro atoms. The SMILES string of the molecule is CC1=N/C(=C2\CN(C(=O)c3ccc(F)cc3OC3CNCC(O)C3)CC2=N)NC(C)=C1Cl. The molecule has 0 saturated carbocycles. The average Bonchev–Trinajstić information content (AvgIpc) is 3.13. The number of nitrogens with one attached hydrogen (secondary N) is 3. The Labute approximate surface area is 190 Å². The van der Waals surface area contributed by atoms with Crippen LogP contribution < -0.4 is 15.4 Å². The van der Waals surface area contributed by atoms with Crippen molar-refractivity contribution >= 4 is 28.9 Å². The summed E-state index contributed by atoms with van der Waals surface area (Å²) in [5.74, 6) is -0.263. The summed E-state index contributed by atoms with van der Waals surface area (Å²) < 4.78 is 19.8. The molecule has 0 aliphatic carbocycles. The van der Waals surface area contributed by atoms with Crippen LogP contribution >= 0.6 is 11.6 Å². The number of piperidine rings is 1. The second-order valence-electron chi connectivity index (χ2n) is 8.16. The van der Waals surface area contributed by atoms with E-state index >= 15 is 0 Å². The molecule has 170 valence electrons. The van der Waals surface area contributed by atoms with Crippen molar-refractivity contribution in [2.24, 2.45) is 4.99 Å². The smallest absolute Gasteiger partial charge is 0.258 e. The van der Waals surface area contributed by atoms with Gasteiger partial charge in [0, 0.05) is 36.8 Å². The Hall–Kier alpha value is -2.75. The number of aliphatic hydroxyl groups is 1. The van der Waals surface area contributed by atoms with E-state index in [0.29, 0.717) is 41.6 Å². The minimum absolute atomic E-state index is 0.102. The van der Waals surface area contributed by atoms with Gasteiger partial charge in [0.2, 0.25) is 0 Å². The molecule has 2 unspecified atom stereocenters. The van der Waals surface area contributed by atoms with Gasteiger partial charge >= 0.3 is 0 Å². The van der Waals surface area contributed by atoms with Crippen molar-refractivity contribution in [1.82, 2.24) is 15.5 Å². The maximum absolute atomic E-state index is 13.9. The number of β-amino-alcohol motifs (C(OH)–C–C–N with tert-alkyl or cyclic N) is 1. The Bertz CT molecular complexity index is 1070. The van der Waals surface area contributed by atoms with E-state index in [2.05, 4.69) is 15.6 Å². The van der Waals surface area contributed by atoms with Crippen molar-refractivity contribution in [3.63, 3.8) is 0 Å². The molecule has 1 amide bonds. The summed E-state index contributed by atoms with van der Waals surface area (Å²) in [5, 5.41) is 24.9. The van der Waals surface area contributed by atoms with Crippen LogP contribution in [0.4, 0.5) is 4.39 Å². The number of hydrogen-bond donors (Lipinski definition) is 4. The van der Waals surface area contributed by atoms with Gasteiger partial charge in [0.15, 0.2) is 0 Å². The Morgan fingerprint density at radius 3 is 2.84 bits per heavy atom. The standard InChI is InChI=1S/C22H25ClFN5O3/c1-11-20(23)12(2)28-21(27-11)17-9-29(10-18(17)25)22(31)16-4-3-13(24)5-19(16)32-15-6-14(30)7-26-8-15/h3-5,14-15,25-27,30H,6-10H2,1-2H3/b21-17+,25-18?. The molecule has 1 aromatic rings. The maximum Gasteiger partial charge on any atom is 0.258 e. The highest BCUT2D eigenvalue weighted by Gasteiger charge is 2.32. The van der Waals surface area contributed by atoms with Crippen molar-refractivity contribution in [3.05, 3.63) is 51.7 Å². The topological polar surface area (TPSA) is 110 Å². The normalized spacial score (nSPS) is 26.2.